The quantitative estimate of drug-likeness (QED) is 0.570. The average Bonchev–Trinajstić information content (AvgIpc) is 0. The predicted octanol–water partition coefficient (Wildman–Crippen LogP) is -0.280. The van der Waals surface area contributed by atoms with Crippen LogP contribution in [0.5, 0.6) is 0 Å². The van der Waals surface area contributed by atoms with Crippen molar-refractivity contribution >= 4 is 0 Å². The standard InChI is InChI=1S/2CH3.3H2O.Pt/h2*1H3;3*1H2;/q2*-1;;;;+2/p-2. The van der Waals surface area contributed by atoms with Gasteiger partial charge in [-0.05, 0) is 0 Å². The Hall–Kier alpha value is 0.568. The van der Waals surface area contributed by atoms with Gasteiger partial charge in [-0.3, -0.25) is 0 Å². The molecule has 0 unspecified atom stereocenters. The molecule has 0 atom stereocenters. The van der Waals surface area contributed by atoms with Crippen LogP contribution in [-0.4, -0.2) is 16.4 Å². The van der Waals surface area contributed by atoms with Gasteiger partial charge in [-0.2, -0.15) is 0 Å². The fourth-order valence-corrected chi connectivity index (χ4v) is 0. The van der Waals surface area contributed by atoms with Crippen LogP contribution in [0.2, 0.25) is 0 Å². The van der Waals surface area contributed by atoms with Crippen molar-refractivity contribution in [2.45, 2.75) is 0 Å². The molecular formula is C2H10O3Pt-2. The first-order chi connectivity index (χ1) is 0. The van der Waals surface area contributed by atoms with Gasteiger partial charge in [0, 0.05) is 0 Å². The molecule has 0 heterocycles. The van der Waals surface area contributed by atoms with E-state index < -0.39 is 0 Å². The third-order valence-corrected chi connectivity index (χ3v) is 0. The minimum atomic E-state index is 0. The molecule has 0 bridgehead atoms. The third-order valence-electron chi connectivity index (χ3n) is 0. The van der Waals surface area contributed by atoms with Crippen LogP contribution in [0.4, 0.5) is 0 Å². The first-order valence-electron chi connectivity index (χ1n) is 0. The van der Waals surface area contributed by atoms with E-state index in [1.54, 1.807) is 0 Å². The summed E-state index contributed by atoms with van der Waals surface area (Å²) in [7, 11) is 0. The fraction of sp³-hybridized carbons (Fsp3) is 0. The van der Waals surface area contributed by atoms with Crippen molar-refractivity contribution in [2.75, 3.05) is 0 Å². The monoisotopic (exact) mass is 277 g/mol. The summed E-state index contributed by atoms with van der Waals surface area (Å²) in [6.45, 7) is 0. The van der Waals surface area contributed by atoms with E-state index in [9.17, 15) is 0 Å². The zero-order valence-electron chi connectivity index (χ0n) is 3.71. The zero-order chi connectivity index (χ0) is 0. The van der Waals surface area contributed by atoms with Gasteiger partial charge in [0.2, 0.25) is 0 Å². The zero-order valence-corrected chi connectivity index (χ0v) is 5.98. The summed E-state index contributed by atoms with van der Waals surface area (Å²) in [5, 5.41) is 0. The summed E-state index contributed by atoms with van der Waals surface area (Å²) >= 11 is 0. The minimum Gasteiger partial charge on any atom is -0.870 e. The molecule has 0 aromatic rings. The second-order valence-electron chi connectivity index (χ2n) is 0. The average molecular weight is 277 g/mol. The molecule has 0 rings (SSSR count). The summed E-state index contributed by atoms with van der Waals surface area (Å²) in [4.78, 5) is 0. The molecule has 4 heteroatoms. The van der Waals surface area contributed by atoms with Gasteiger partial charge in [0.15, 0.2) is 0 Å². The van der Waals surface area contributed by atoms with Crippen molar-refractivity contribution in [1.29, 1.82) is 0 Å². The Kier molecular flexibility index (Phi) is 37800. The molecule has 4 N–H and O–H groups in total. The van der Waals surface area contributed by atoms with Gasteiger partial charge in [-0.15, -0.1) is 0 Å². The molecule has 0 saturated heterocycles. The molecule has 0 aromatic heterocycles. The van der Waals surface area contributed by atoms with E-state index in [4.69, 9.17) is 0 Å². The van der Waals surface area contributed by atoms with Gasteiger partial charge in [-0.25, -0.2) is 0 Å². The maximum Gasteiger partial charge on any atom is 2.00 e. The van der Waals surface area contributed by atoms with Crippen LogP contribution in [-0.2, 0) is 21.1 Å². The van der Waals surface area contributed by atoms with E-state index in [-0.39, 0.29) is 52.3 Å². The maximum atomic E-state index is 0. The van der Waals surface area contributed by atoms with Crippen LogP contribution in [0.25, 0.3) is 0 Å². The van der Waals surface area contributed by atoms with E-state index in [1.165, 1.54) is 0 Å². The molecule has 0 aliphatic rings. The van der Waals surface area contributed by atoms with Crippen molar-refractivity contribution < 1.29 is 37.5 Å². The molecule has 0 aliphatic heterocycles. The van der Waals surface area contributed by atoms with Crippen molar-refractivity contribution in [3.05, 3.63) is 14.9 Å². The van der Waals surface area contributed by atoms with Crippen molar-refractivity contribution in [3.63, 3.8) is 0 Å². The van der Waals surface area contributed by atoms with Crippen molar-refractivity contribution in [3.8, 4) is 0 Å². The number of hydrogen-bond donors (Lipinski definition) is 0. The van der Waals surface area contributed by atoms with E-state index in [0.717, 1.165) is 0 Å². The first-order valence-corrected chi connectivity index (χ1v) is 0. The molecule has 0 amide bonds. The van der Waals surface area contributed by atoms with E-state index in [0.29, 0.717) is 0 Å². The first kappa shape index (κ1) is 631. The SMILES string of the molecule is O.[CH3-].[CH3-].[OH-].[OH-].[Pt+2]. The molecule has 0 spiro atoms. The summed E-state index contributed by atoms with van der Waals surface area (Å²) in [5.41, 5.74) is 0. The van der Waals surface area contributed by atoms with E-state index in [2.05, 4.69) is 0 Å². The third kappa shape index (κ3) is 180. The largest absolute Gasteiger partial charge is 2.00 e. The van der Waals surface area contributed by atoms with Crippen LogP contribution < -0.4 is 0 Å². The summed E-state index contributed by atoms with van der Waals surface area (Å²) in [6, 6.07) is 0. The second-order valence-corrected chi connectivity index (χ2v) is 0. The Morgan fingerprint density at radius 3 is 0.667 bits per heavy atom. The Bertz CT molecular complexity index is 8.75. The van der Waals surface area contributed by atoms with Crippen LogP contribution in [0.3, 0.4) is 0 Å². The van der Waals surface area contributed by atoms with Gasteiger partial charge >= 0.3 is 21.1 Å². The summed E-state index contributed by atoms with van der Waals surface area (Å²) in [6.07, 6.45) is 0. The topological polar surface area (TPSA) is 91.5 Å². The van der Waals surface area contributed by atoms with Crippen LogP contribution >= 0.6 is 0 Å². The number of hydrogen-bond acceptors (Lipinski definition) is 2. The molecule has 0 aromatic carbocycles. The van der Waals surface area contributed by atoms with E-state index >= 15 is 0 Å². The second kappa shape index (κ2) is 360. The minimum absolute atomic E-state index is 0. The molecule has 0 aliphatic carbocycles. The van der Waals surface area contributed by atoms with Gasteiger partial charge in [0.05, 0.1) is 0 Å². The number of rotatable bonds is 0. The molecular weight excluding hydrogens is 267 g/mol. The van der Waals surface area contributed by atoms with Crippen LogP contribution in [0, 0.1) is 14.9 Å². The van der Waals surface area contributed by atoms with Crippen molar-refractivity contribution in [1.82, 2.24) is 0 Å². The molecule has 3 nitrogen and oxygen atoms in total. The smallest absolute Gasteiger partial charge is 0.870 e. The predicted molar refractivity (Wildman–Crippen MR) is 20.3 cm³/mol. The Labute approximate surface area is 52.9 Å². The maximum absolute atomic E-state index is 0. The Balaban J connectivity index is 0. The van der Waals surface area contributed by atoms with Gasteiger partial charge < -0.3 is 31.3 Å². The molecule has 48 valence electrons. The molecule has 6 heavy (non-hydrogen) atoms. The van der Waals surface area contributed by atoms with Crippen molar-refractivity contribution in [2.24, 2.45) is 0 Å². The molecule has 0 saturated carbocycles. The van der Waals surface area contributed by atoms with E-state index in [1.807, 2.05) is 0 Å². The van der Waals surface area contributed by atoms with Gasteiger partial charge in [0.1, 0.15) is 0 Å². The van der Waals surface area contributed by atoms with Crippen LogP contribution in [0.1, 0.15) is 0 Å². The van der Waals surface area contributed by atoms with Gasteiger partial charge in [-0.1, -0.05) is 0 Å². The molecule has 0 fully saturated rings. The Morgan fingerprint density at radius 2 is 0.667 bits per heavy atom. The normalized spacial score (nSPS) is 0. The fourth-order valence-electron chi connectivity index (χ4n) is 0. The molecule has 0 radical (unpaired) electrons. The Morgan fingerprint density at radius 1 is 0.667 bits per heavy atom. The summed E-state index contributed by atoms with van der Waals surface area (Å²) < 4.78 is 0. The van der Waals surface area contributed by atoms with Crippen LogP contribution in [0.15, 0.2) is 0 Å². The van der Waals surface area contributed by atoms with Gasteiger partial charge in [0.25, 0.3) is 0 Å². The summed E-state index contributed by atoms with van der Waals surface area (Å²) in [5.74, 6) is 0.